The lowest BCUT2D eigenvalue weighted by Gasteiger charge is -2.05. The third-order valence-corrected chi connectivity index (χ3v) is 4.61. The summed E-state index contributed by atoms with van der Waals surface area (Å²) in [6.07, 6.45) is 3.91. The number of nitrogens with one attached hydrogen (secondary N) is 2. The summed E-state index contributed by atoms with van der Waals surface area (Å²) in [5.74, 6) is -1.51. The molecule has 0 atom stereocenters. The normalized spacial score (nSPS) is 13.0. The van der Waals surface area contributed by atoms with Gasteiger partial charge in [0.15, 0.2) is 0 Å². The van der Waals surface area contributed by atoms with Crippen molar-refractivity contribution >= 4 is 28.2 Å². The second kappa shape index (κ2) is 5.17. The number of aromatic amines is 1. The third kappa shape index (κ3) is 2.47. The number of rotatable bonds is 3. The molecule has 2 aromatic rings. The van der Waals surface area contributed by atoms with Gasteiger partial charge in [0.1, 0.15) is 5.00 Å². The molecule has 108 valence electrons. The molecular weight excluding hydrogens is 292 g/mol. The van der Waals surface area contributed by atoms with Crippen LogP contribution in [0.15, 0.2) is 23.1 Å². The smallest absolute Gasteiger partial charge is 0.339 e. The average Bonchev–Trinajstić information content (AvgIpc) is 2.98. The predicted molar refractivity (Wildman–Crippen MR) is 78.3 cm³/mol. The Balaban J connectivity index is 1.94. The van der Waals surface area contributed by atoms with Gasteiger partial charge in [-0.05, 0) is 30.9 Å². The van der Waals surface area contributed by atoms with Crippen molar-refractivity contribution in [2.24, 2.45) is 0 Å². The molecule has 0 fully saturated rings. The van der Waals surface area contributed by atoms with Crippen molar-refractivity contribution in [1.29, 1.82) is 0 Å². The van der Waals surface area contributed by atoms with E-state index in [1.165, 1.54) is 29.7 Å². The van der Waals surface area contributed by atoms with Crippen molar-refractivity contribution < 1.29 is 14.7 Å². The van der Waals surface area contributed by atoms with E-state index in [0.717, 1.165) is 29.7 Å². The quantitative estimate of drug-likeness (QED) is 0.806. The van der Waals surface area contributed by atoms with Crippen LogP contribution >= 0.6 is 11.3 Å². The maximum atomic E-state index is 12.1. The van der Waals surface area contributed by atoms with Crippen molar-refractivity contribution in [3.05, 3.63) is 50.3 Å². The van der Waals surface area contributed by atoms with Gasteiger partial charge in [-0.15, -0.1) is 11.3 Å². The minimum absolute atomic E-state index is 0.186. The van der Waals surface area contributed by atoms with E-state index in [0.29, 0.717) is 5.00 Å². The maximum absolute atomic E-state index is 12.1. The monoisotopic (exact) mass is 304 g/mol. The SMILES string of the molecule is O=C(Nc1sc2c(c1C(=O)O)CCC2)c1cc[nH]c(=O)c1. The van der Waals surface area contributed by atoms with Crippen LogP contribution < -0.4 is 10.9 Å². The molecule has 3 rings (SSSR count). The van der Waals surface area contributed by atoms with E-state index in [1.54, 1.807) is 0 Å². The van der Waals surface area contributed by atoms with E-state index in [4.69, 9.17) is 0 Å². The van der Waals surface area contributed by atoms with Gasteiger partial charge in [-0.3, -0.25) is 9.59 Å². The number of amides is 1. The predicted octanol–water partition coefficient (Wildman–Crippen LogP) is 1.88. The Morgan fingerprint density at radius 3 is 2.86 bits per heavy atom. The number of pyridine rings is 1. The van der Waals surface area contributed by atoms with Crippen LogP contribution in [0.2, 0.25) is 0 Å². The number of fused-ring (bicyclic) bond motifs is 1. The van der Waals surface area contributed by atoms with Crippen molar-refractivity contribution in [2.75, 3.05) is 5.32 Å². The lowest BCUT2D eigenvalue weighted by molar-refractivity contribution is 0.0697. The Bertz CT molecular complexity index is 791. The molecule has 1 aliphatic carbocycles. The highest BCUT2D eigenvalue weighted by Gasteiger charge is 2.27. The van der Waals surface area contributed by atoms with Crippen molar-refractivity contribution in [3.8, 4) is 0 Å². The first kappa shape index (κ1) is 13.6. The number of thiophene rings is 1. The van der Waals surface area contributed by atoms with Gasteiger partial charge in [0.2, 0.25) is 5.56 Å². The zero-order valence-electron chi connectivity index (χ0n) is 10.9. The summed E-state index contributed by atoms with van der Waals surface area (Å²) in [7, 11) is 0. The largest absolute Gasteiger partial charge is 0.478 e. The van der Waals surface area contributed by atoms with E-state index < -0.39 is 11.9 Å². The van der Waals surface area contributed by atoms with Crippen LogP contribution in [-0.4, -0.2) is 22.0 Å². The number of aryl methyl sites for hydroxylation is 1. The molecule has 7 heteroatoms. The Hall–Kier alpha value is -2.41. The first-order valence-corrected chi connectivity index (χ1v) is 7.26. The van der Waals surface area contributed by atoms with Gasteiger partial charge >= 0.3 is 5.97 Å². The molecule has 0 saturated heterocycles. The third-order valence-electron chi connectivity index (χ3n) is 3.40. The Kier molecular flexibility index (Phi) is 3.34. The summed E-state index contributed by atoms with van der Waals surface area (Å²) in [5, 5.41) is 12.3. The van der Waals surface area contributed by atoms with Crippen LogP contribution in [0.3, 0.4) is 0 Å². The minimum atomic E-state index is -1.03. The second-order valence-corrected chi connectivity index (χ2v) is 5.87. The maximum Gasteiger partial charge on any atom is 0.339 e. The van der Waals surface area contributed by atoms with Gasteiger partial charge in [0.05, 0.1) is 5.56 Å². The lowest BCUT2D eigenvalue weighted by Crippen LogP contribution is -2.16. The topological polar surface area (TPSA) is 99.3 Å². The standard InChI is InChI=1S/C14H12N2O4S/c17-10-6-7(4-5-15-10)12(18)16-13-11(14(19)20)8-2-1-3-9(8)21-13/h4-6H,1-3H2,(H,15,17)(H,16,18)(H,19,20). The lowest BCUT2D eigenvalue weighted by atomic mass is 10.1. The molecular formula is C14H12N2O4S. The van der Waals surface area contributed by atoms with Crippen LogP contribution in [-0.2, 0) is 12.8 Å². The Morgan fingerprint density at radius 2 is 2.14 bits per heavy atom. The number of carbonyl (C=O) groups is 2. The number of anilines is 1. The number of aromatic carboxylic acids is 1. The van der Waals surface area contributed by atoms with Gasteiger partial charge in [-0.25, -0.2) is 4.79 Å². The van der Waals surface area contributed by atoms with Gasteiger partial charge in [0.25, 0.3) is 5.91 Å². The van der Waals surface area contributed by atoms with Gasteiger partial charge in [0, 0.05) is 22.7 Å². The summed E-state index contributed by atoms with van der Waals surface area (Å²) < 4.78 is 0. The molecule has 21 heavy (non-hydrogen) atoms. The van der Waals surface area contributed by atoms with E-state index in [1.807, 2.05) is 0 Å². The summed E-state index contributed by atoms with van der Waals surface area (Å²) >= 11 is 1.31. The molecule has 0 aromatic carbocycles. The van der Waals surface area contributed by atoms with Crippen LogP contribution in [0.25, 0.3) is 0 Å². The van der Waals surface area contributed by atoms with E-state index in [2.05, 4.69) is 10.3 Å². The van der Waals surface area contributed by atoms with Gasteiger partial charge in [-0.1, -0.05) is 0 Å². The van der Waals surface area contributed by atoms with Crippen LogP contribution in [0, 0.1) is 0 Å². The fraction of sp³-hybridized carbons (Fsp3) is 0.214. The Labute approximate surface area is 123 Å². The van der Waals surface area contributed by atoms with Crippen LogP contribution in [0.1, 0.15) is 37.6 Å². The zero-order chi connectivity index (χ0) is 15.0. The van der Waals surface area contributed by atoms with Gasteiger partial charge < -0.3 is 15.4 Å². The van der Waals surface area contributed by atoms with Crippen molar-refractivity contribution in [2.45, 2.75) is 19.3 Å². The van der Waals surface area contributed by atoms with Gasteiger partial charge in [-0.2, -0.15) is 0 Å². The highest BCUT2D eigenvalue weighted by Crippen LogP contribution is 2.39. The number of hydrogen-bond donors (Lipinski definition) is 3. The summed E-state index contributed by atoms with van der Waals surface area (Å²) in [6.45, 7) is 0. The van der Waals surface area contributed by atoms with Crippen molar-refractivity contribution in [1.82, 2.24) is 4.98 Å². The molecule has 1 aliphatic rings. The molecule has 3 N–H and O–H groups in total. The molecule has 0 spiro atoms. The fourth-order valence-corrected chi connectivity index (χ4v) is 3.76. The summed E-state index contributed by atoms with van der Waals surface area (Å²) in [6, 6.07) is 2.65. The van der Waals surface area contributed by atoms with E-state index in [-0.39, 0.29) is 16.7 Å². The number of carboxylic acids is 1. The van der Waals surface area contributed by atoms with Crippen LogP contribution in [0.5, 0.6) is 0 Å². The molecule has 0 bridgehead atoms. The molecule has 0 saturated carbocycles. The molecule has 0 radical (unpaired) electrons. The molecule has 1 amide bonds. The number of aromatic nitrogens is 1. The summed E-state index contributed by atoms with van der Waals surface area (Å²) in [4.78, 5) is 38.2. The first-order chi connectivity index (χ1) is 10.1. The highest BCUT2D eigenvalue weighted by atomic mass is 32.1. The molecule has 6 nitrogen and oxygen atoms in total. The number of carboxylic acid groups (broad SMARTS) is 1. The minimum Gasteiger partial charge on any atom is -0.478 e. The fourth-order valence-electron chi connectivity index (χ4n) is 2.48. The number of hydrogen-bond acceptors (Lipinski definition) is 4. The highest BCUT2D eigenvalue weighted by molar-refractivity contribution is 7.17. The van der Waals surface area contributed by atoms with E-state index in [9.17, 15) is 19.5 Å². The summed E-state index contributed by atoms with van der Waals surface area (Å²) in [5.41, 5.74) is 0.831. The van der Waals surface area contributed by atoms with Crippen molar-refractivity contribution in [3.63, 3.8) is 0 Å². The molecule has 0 unspecified atom stereocenters. The molecule has 0 aliphatic heterocycles. The second-order valence-electron chi connectivity index (χ2n) is 4.76. The van der Waals surface area contributed by atoms with E-state index >= 15 is 0 Å². The van der Waals surface area contributed by atoms with Crippen LogP contribution in [0.4, 0.5) is 5.00 Å². The number of carbonyl (C=O) groups excluding carboxylic acids is 1. The zero-order valence-corrected chi connectivity index (χ0v) is 11.8. The first-order valence-electron chi connectivity index (χ1n) is 6.44. The number of H-pyrrole nitrogens is 1. The average molecular weight is 304 g/mol. The molecule has 2 heterocycles. The molecule has 2 aromatic heterocycles. The Morgan fingerprint density at radius 1 is 1.33 bits per heavy atom.